The van der Waals surface area contributed by atoms with Crippen molar-refractivity contribution in [2.24, 2.45) is 0 Å². The Balaban J connectivity index is 1.96. The Labute approximate surface area is 111 Å². The lowest BCUT2D eigenvalue weighted by atomic mass is 10.1. The van der Waals surface area contributed by atoms with E-state index in [2.05, 4.69) is 4.90 Å². The van der Waals surface area contributed by atoms with E-state index in [-0.39, 0.29) is 5.78 Å². The number of Topliss-reactive ketones (excluding diaryl/α,β-unsaturated/α-hetero) is 1. The number of hydrogen-bond acceptors (Lipinski definition) is 3. The molecule has 92 valence electrons. The Morgan fingerprint density at radius 3 is 3.06 bits per heavy atom. The number of carbonyl (C=O) groups excluding carboxylic acids is 1. The molecule has 1 aromatic carbocycles. The Morgan fingerprint density at radius 2 is 2.24 bits per heavy atom. The number of nitrogens with zero attached hydrogens (tertiary/aromatic N) is 1. The smallest absolute Gasteiger partial charge is 0.176 e. The molecule has 0 bridgehead atoms. The van der Waals surface area contributed by atoms with Gasteiger partial charge >= 0.3 is 0 Å². The van der Waals surface area contributed by atoms with Crippen molar-refractivity contribution in [1.29, 1.82) is 0 Å². The van der Waals surface area contributed by atoms with Crippen LogP contribution < -0.4 is 0 Å². The van der Waals surface area contributed by atoms with E-state index in [0.29, 0.717) is 11.6 Å². The third-order valence-electron chi connectivity index (χ3n) is 2.83. The van der Waals surface area contributed by atoms with Gasteiger partial charge in [0.15, 0.2) is 5.78 Å². The minimum absolute atomic E-state index is 0.166. The Bertz CT molecular complexity index is 389. The number of carbonyl (C=O) groups is 1. The molecule has 0 N–H and O–H groups in total. The molecule has 0 amide bonds. The van der Waals surface area contributed by atoms with Crippen LogP contribution in [0.4, 0.5) is 0 Å². The van der Waals surface area contributed by atoms with Crippen molar-refractivity contribution in [1.82, 2.24) is 4.90 Å². The Morgan fingerprint density at radius 1 is 1.35 bits per heavy atom. The Kier molecular flexibility index (Phi) is 4.89. The molecule has 1 aromatic rings. The van der Waals surface area contributed by atoms with E-state index < -0.39 is 0 Å². The fourth-order valence-corrected chi connectivity index (χ4v) is 3.03. The molecule has 0 spiro atoms. The van der Waals surface area contributed by atoms with Crippen molar-refractivity contribution in [2.45, 2.75) is 6.42 Å². The maximum atomic E-state index is 12.1. The lowest BCUT2D eigenvalue weighted by molar-refractivity contribution is 0.0936. The largest absolute Gasteiger partial charge is 0.295 e. The summed E-state index contributed by atoms with van der Waals surface area (Å²) in [7, 11) is 0. The Hall–Kier alpha value is -0.510. The first-order valence-electron chi connectivity index (χ1n) is 5.84. The fourth-order valence-electron chi connectivity index (χ4n) is 1.91. The van der Waals surface area contributed by atoms with E-state index in [0.717, 1.165) is 24.4 Å². The molecule has 2 nitrogen and oxygen atoms in total. The summed E-state index contributed by atoms with van der Waals surface area (Å²) in [6.45, 7) is 2.55. The van der Waals surface area contributed by atoms with Crippen molar-refractivity contribution in [3.05, 3.63) is 34.9 Å². The number of hydrogen-bond donors (Lipinski definition) is 0. The highest BCUT2D eigenvalue weighted by Crippen LogP contribution is 2.13. The maximum absolute atomic E-state index is 12.1. The lowest BCUT2D eigenvalue weighted by Gasteiger charge is -2.18. The maximum Gasteiger partial charge on any atom is 0.176 e. The zero-order valence-electron chi connectivity index (χ0n) is 9.69. The molecule has 4 heteroatoms. The van der Waals surface area contributed by atoms with Gasteiger partial charge in [0, 0.05) is 22.9 Å². The molecule has 17 heavy (non-hydrogen) atoms. The summed E-state index contributed by atoms with van der Waals surface area (Å²) in [4.78, 5) is 14.3. The van der Waals surface area contributed by atoms with Crippen molar-refractivity contribution in [2.75, 3.05) is 31.1 Å². The van der Waals surface area contributed by atoms with Crippen LogP contribution in [0.15, 0.2) is 24.3 Å². The quantitative estimate of drug-likeness (QED) is 0.787. The monoisotopic (exact) mass is 269 g/mol. The first-order valence-corrected chi connectivity index (χ1v) is 7.38. The topological polar surface area (TPSA) is 20.3 Å². The van der Waals surface area contributed by atoms with Gasteiger partial charge in [-0.15, -0.1) is 0 Å². The normalized spacial score (nSPS) is 17.7. The van der Waals surface area contributed by atoms with E-state index in [4.69, 9.17) is 11.6 Å². The average molecular weight is 270 g/mol. The van der Waals surface area contributed by atoms with E-state index in [1.165, 1.54) is 12.2 Å². The van der Waals surface area contributed by atoms with Crippen LogP contribution in [0, 0.1) is 0 Å². The highest BCUT2D eigenvalue weighted by atomic mass is 35.5. The highest BCUT2D eigenvalue weighted by molar-refractivity contribution is 7.99. The highest BCUT2D eigenvalue weighted by Gasteiger charge is 2.14. The molecule has 2 rings (SSSR count). The second-order valence-corrected chi connectivity index (χ2v) is 5.84. The van der Waals surface area contributed by atoms with Crippen molar-refractivity contribution >= 4 is 29.1 Å². The van der Waals surface area contributed by atoms with Gasteiger partial charge in [0.25, 0.3) is 0 Å². The summed E-state index contributed by atoms with van der Waals surface area (Å²) >= 11 is 7.86. The molecular weight excluding hydrogens is 254 g/mol. The first kappa shape index (κ1) is 12.9. The van der Waals surface area contributed by atoms with E-state index >= 15 is 0 Å². The molecule has 1 aliphatic rings. The predicted molar refractivity (Wildman–Crippen MR) is 74.2 cm³/mol. The molecule has 1 fully saturated rings. The number of thioether (sulfide) groups is 1. The van der Waals surface area contributed by atoms with Crippen molar-refractivity contribution in [3.8, 4) is 0 Å². The minimum Gasteiger partial charge on any atom is -0.295 e. The van der Waals surface area contributed by atoms with Gasteiger partial charge in [0.2, 0.25) is 0 Å². The third-order valence-corrected chi connectivity index (χ3v) is 4.11. The molecule has 0 radical (unpaired) electrons. The van der Waals surface area contributed by atoms with E-state index in [9.17, 15) is 4.79 Å². The van der Waals surface area contributed by atoms with Crippen LogP contribution in [0.2, 0.25) is 5.02 Å². The average Bonchev–Trinajstić information content (AvgIpc) is 2.57. The van der Waals surface area contributed by atoms with Crippen molar-refractivity contribution < 1.29 is 4.79 Å². The van der Waals surface area contributed by atoms with E-state index in [1.807, 2.05) is 23.9 Å². The standard InChI is InChI=1S/C13H16ClNOS/c14-12-4-1-3-11(9-12)13(16)10-15-5-2-7-17-8-6-15/h1,3-4,9H,2,5-8,10H2. The van der Waals surface area contributed by atoms with Crippen LogP contribution >= 0.6 is 23.4 Å². The number of ketones is 1. The molecule has 1 aliphatic heterocycles. The summed E-state index contributed by atoms with van der Waals surface area (Å²) in [5.41, 5.74) is 0.717. The SMILES string of the molecule is O=C(CN1CCCSCC1)c1cccc(Cl)c1. The molecule has 1 saturated heterocycles. The summed E-state index contributed by atoms with van der Waals surface area (Å²) < 4.78 is 0. The van der Waals surface area contributed by atoms with Crippen LogP contribution in [0.25, 0.3) is 0 Å². The summed E-state index contributed by atoms with van der Waals surface area (Å²) in [5.74, 6) is 2.50. The number of benzene rings is 1. The van der Waals surface area contributed by atoms with Crippen molar-refractivity contribution in [3.63, 3.8) is 0 Å². The van der Waals surface area contributed by atoms with Gasteiger partial charge in [-0.1, -0.05) is 23.7 Å². The van der Waals surface area contributed by atoms with Gasteiger partial charge in [0.1, 0.15) is 0 Å². The van der Waals surface area contributed by atoms with E-state index in [1.54, 1.807) is 12.1 Å². The number of rotatable bonds is 3. The zero-order chi connectivity index (χ0) is 12.1. The fraction of sp³-hybridized carbons (Fsp3) is 0.462. The van der Waals surface area contributed by atoms with Gasteiger partial charge in [-0.3, -0.25) is 9.69 Å². The molecule has 1 heterocycles. The second kappa shape index (κ2) is 6.43. The van der Waals surface area contributed by atoms with Crippen LogP contribution in [-0.2, 0) is 0 Å². The second-order valence-electron chi connectivity index (χ2n) is 4.18. The van der Waals surface area contributed by atoms with Gasteiger partial charge < -0.3 is 0 Å². The molecular formula is C13H16ClNOS. The van der Waals surface area contributed by atoms with Gasteiger partial charge in [-0.05, 0) is 30.9 Å². The van der Waals surface area contributed by atoms with Crippen LogP contribution in [0.1, 0.15) is 16.8 Å². The molecule has 0 atom stereocenters. The summed E-state index contributed by atoms with van der Waals surface area (Å²) in [6, 6.07) is 7.20. The zero-order valence-corrected chi connectivity index (χ0v) is 11.3. The number of halogens is 1. The first-order chi connectivity index (χ1) is 8.25. The molecule has 0 saturated carbocycles. The van der Waals surface area contributed by atoms with Crippen LogP contribution in [0.3, 0.4) is 0 Å². The van der Waals surface area contributed by atoms with Gasteiger partial charge in [-0.2, -0.15) is 11.8 Å². The lowest BCUT2D eigenvalue weighted by Crippen LogP contribution is -2.31. The summed E-state index contributed by atoms with van der Waals surface area (Å²) in [6.07, 6.45) is 1.17. The van der Waals surface area contributed by atoms with Crippen LogP contribution in [-0.4, -0.2) is 41.8 Å². The third kappa shape index (κ3) is 4.02. The summed E-state index contributed by atoms with van der Waals surface area (Å²) in [5, 5.41) is 0.627. The molecule has 0 aromatic heterocycles. The minimum atomic E-state index is 0.166. The van der Waals surface area contributed by atoms with Gasteiger partial charge in [0.05, 0.1) is 6.54 Å². The molecule has 0 aliphatic carbocycles. The van der Waals surface area contributed by atoms with Crippen LogP contribution in [0.5, 0.6) is 0 Å². The predicted octanol–water partition coefficient (Wildman–Crippen LogP) is 2.96. The molecule has 0 unspecified atom stereocenters. The van der Waals surface area contributed by atoms with Gasteiger partial charge in [-0.25, -0.2) is 0 Å².